The molecule has 0 atom stereocenters. The van der Waals surface area contributed by atoms with Crippen LogP contribution in [0.3, 0.4) is 0 Å². The third-order valence-corrected chi connectivity index (χ3v) is 6.98. The van der Waals surface area contributed by atoms with Crippen LogP contribution in [0.1, 0.15) is 46.4 Å². The molecule has 0 aliphatic carbocycles. The second-order valence-electron chi connectivity index (χ2n) is 9.18. The Hall–Kier alpha value is -2.93. The van der Waals surface area contributed by atoms with Gasteiger partial charge in [0.1, 0.15) is 5.82 Å². The molecule has 2 saturated heterocycles. The maximum atomic E-state index is 13.9. The monoisotopic (exact) mass is 452 g/mol. The molecule has 0 radical (unpaired) electrons. The van der Waals surface area contributed by atoms with Crippen LogP contribution >= 0.6 is 0 Å². The maximum Gasteiger partial charge on any atom is 0.255 e. The number of carbonyl (C=O) groups is 2. The van der Waals surface area contributed by atoms with Gasteiger partial charge < -0.3 is 20.0 Å². The number of anilines is 1. The summed E-state index contributed by atoms with van der Waals surface area (Å²) in [7, 11) is 4.04. The summed E-state index contributed by atoms with van der Waals surface area (Å²) >= 11 is 0. The largest absolute Gasteiger partial charge is 0.371 e. The predicted molar refractivity (Wildman–Crippen MR) is 128 cm³/mol. The molecule has 2 aromatic carbocycles. The highest BCUT2D eigenvalue weighted by atomic mass is 19.1. The number of halogens is 1. The van der Waals surface area contributed by atoms with E-state index >= 15 is 0 Å². The number of para-hydroxylation sites is 1. The molecule has 1 N–H and O–H groups in total. The Morgan fingerprint density at radius 3 is 2.18 bits per heavy atom. The van der Waals surface area contributed by atoms with Gasteiger partial charge in [0.05, 0.1) is 11.1 Å². The average molecular weight is 453 g/mol. The van der Waals surface area contributed by atoms with Crippen molar-refractivity contribution in [2.24, 2.45) is 0 Å². The zero-order chi connectivity index (χ0) is 23.4. The fourth-order valence-corrected chi connectivity index (χ4v) is 4.84. The summed E-state index contributed by atoms with van der Waals surface area (Å²) in [4.78, 5) is 32.3. The minimum Gasteiger partial charge on any atom is -0.371 e. The van der Waals surface area contributed by atoms with Crippen LogP contribution in [0.5, 0.6) is 0 Å². The number of hydrogen-bond acceptors (Lipinski definition) is 4. The third-order valence-electron chi connectivity index (χ3n) is 6.98. The highest BCUT2D eigenvalue weighted by molar-refractivity contribution is 6.00. The van der Waals surface area contributed by atoms with Gasteiger partial charge in [-0.1, -0.05) is 24.3 Å². The highest BCUT2D eigenvalue weighted by Crippen LogP contribution is 2.27. The molecule has 33 heavy (non-hydrogen) atoms. The van der Waals surface area contributed by atoms with Crippen LogP contribution < -0.4 is 10.2 Å². The van der Waals surface area contributed by atoms with Gasteiger partial charge >= 0.3 is 0 Å². The van der Waals surface area contributed by atoms with Gasteiger partial charge in [-0.2, -0.15) is 0 Å². The quantitative estimate of drug-likeness (QED) is 0.756. The van der Waals surface area contributed by atoms with E-state index in [1.54, 1.807) is 12.1 Å². The molecule has 2 aliphatic rings. The zero-order valence-electron chi connectivity index (χ0n) is 19.5. The first-order valence-electron chi connectivity index (χ1n) is 11.8. The van der Waals surface area contributed by atoms with E-state index < -0.39 is 5.82 Å². The molecule has 2 heterocycles. The van der Waals surface area contributed by atoms with Gasteiger partial charge in [-0.15, -0.1) is 0 Å². The fraction of sp³-hybridized carbons (Fsp3) is 0.462. The lowest BCUT2D eigenvalue weighted by Gasteiger charge is -2.37. The zero-order valence-corrected chi connectivity index (χ0v) is 19.5. The first-order valence-corrected chi connectivity index (χ1v) is 11.8. The SMILES string of the molecule is CN1CCC(N(C)C(=O)c2ccccc2N2CCC(NC(=O)c3ccccc3F)CC2)CC1. The van der Waals surface area contributed by atoms with Crippen molar-refractivity contribution in [2.75, 3.05) is 45.2 Å². The van der Waals surface area contributed by atoms with E-state index in [0.717, 1.165) is 63.1 Å². The molecule has 0 saturated carbocycles. The van der Waals surface area contributed by atoms with Gasteiger partial charge in [0, 0.05) is 37.9 Å². The van der Waals surface area contributed by atoms with E-state index in [-0.39, 0.29) is 29.5 Å². The van der Waals surface area contributed by atoms with Crippen molar-refractivity contribution in [3.05, 3.63) is 65.5 Å². The van der Waals surface area contributed by atoms with Crippen LogP contribution in [0.15, 0.2) is 48.5 Å². The van der Waals surface area contributed by atoms with Crippen molar-refractivity contribution in [1.29, 1.82) is 0 Å². The molecule has 7 heteroatoms. The Morgan fingerprint density at radius 2 is 1.52 bits per heavy atom. The molecular formula is C26H33FN4O2. The number of hydrogen-bond donors (Lipinski definition) is 1. The molecule has 0 unspecified atom stereocenters. The van der Waals surface area contributed by atoms with Gasteiger partial charge in [-0.25, -0.2) is 4.39 Å². The number of carbonyl (C=O) groups excluding carboxylic acids is 2. The second kappa shape index (κ2) is 10.3. The topological polar surface area (TPSA) is 55.9 Å². The number of benzene rings is 2. The molecule has 0 aromatic heterocycles. The molecule has 176 valence electrons. The van der Waals surface area contributed by atoms with Gasteiger partial charge in [-0.3, -0.25) is 9.59 Å². The lowest BCUT2D eigenvalue weighted by Crippen LogP contribution is -2.46. The number of nitrogens with one attached hydrogen (secondary N) is 1. The maximum absolute atomic E-state index is 13.9. The standard InChI is InChI=1S/C26H33FN4O2/c1-29-15-13-20(14-16-29)30(2)26(33)22-8-4-6-10-24(22)31-17-11-19(12-18-31)28-25(32)21-7-3-5-9-23(21)27/h3-10,19-20H,11-18H2,1-2H3,(H,28,32). The van der Waals surface area contributed by atoms with Crippen molar-refractivity contribution < 1.29 is 14.0 Å². The molecule has 2 amide bonds. The Labute approximate surface area is 195 Å². The second-order valence-corrected chi connectivity index (χ2v) is 9.18. The summed E-state index contributed by atoms with van der Waals surface area (Å²) in [6.07, 6.45) is 3.48. The van der Waals surface area contributed by atoms with Gasteiger partial charge in [-0.05, 0) is 70.1 Å². The number of amides is 2. The van der Waals surface area contributed by atoms with E-state index in [2.05, 4.69) is 22.2 Å². The van der Waals surface area contributed by atoms with E-state index in [1.807, 2.05) is 36.2 Å². The Balaban J connectivity index is 1.38. The molecule has 2 fully saturated rings. The lowest BCUT2D eigenvalue weighted by atomic mass is 10.0. The summed E-state index contributed by atoms with van der Waals surface area (Å²) in [5, 5.41) is 2.97. The van der Waals surface area contributed by atoms with Crippen LogP contribution in [0.2, 0.25) is 0 Å². The molecule has 0 bridgehead atoms. The van der Waals surface area contributed by atoms with E-state index in [1.165, 1.54) is 12.1 Å². The Morgan fingerprint density at radius 1 is 0.909 bits per heavy atom. The fourth-order valence-electron chi connectivity index (χ4n) is 4.84. The van der Waals surface area contributed by atoms with Crippen LogP contribution in [0, 0.1) is 5.82 Å². The smallest absolute Gasteiger partial charge is 0.255 e. The van der Waals surface area contributed by atoms with Crippen molar-refractivity contribution in [3.63, 3.8) is 0 Å². The molecule has 6 nitrogen and oxygen atoms in total. The average Bonchev–Trinajstić information content (AvgIpc) is 2.84. The molecule has 0 spiro atoms. The van der Waals surface area contributed by atoms with Crippen molar-refractivity contribution in [1.82, 2.24) is 15.1 Å². The molecular weight excluding hydrogens is 419 g/mol. The summed E-state index contributed by atoms with van der Waals surface area (Å²) in [6.45, 7) is 3.47. The summed E-state index contributed by atoms with van der Waals surface area (Å²) in [5.74, 6) is -0.814. The van der Waals surface area contributed by atoms with Crippen LogP contribution in [-0.4, -0.2) is 74.0 Å². The number of piperidine rings is 2. The number of rotatable bonds is 5. The minimum absolute atomic E-state index is 0.0156. The van der Waals surface area contributed by atoms with Gasteiger partial charge in [0.2, 0.25) is 0 Å². The van der Waals surface area contributed by atoms with Gasteiger partial charge in [0.25, 0.3) is 11.8 Å². The molecule has 2 aromatic rings. The minimum atomic E-state index is -0.506. The van der Waals surface area contributed by atoms with E-state index in [9.17, 15) is 14.0 Å². The van der Waals surface area contributed by atoms with E-state index in [4.69, 9.17) is 0 Å². The molecule has 2 aliphatic heterocycles. The number of nitrogens with zero attached hydrogens (tertiary/aromatic N) is 3. The van der Waals surface area contributed by atoms with Crippen molar-refractivity contribution in [3.8, 4) is 0 Å². The Bertz CT molecular complexity index is 982. The molecule has 4 rings (SSSR count). The van der Waals surface area contributed by atoms with E-state index in [0.29, 0.717) is 0 Å². The van der Waals surface area contributed by atoms with Gasteiger partial charge in [0.15, 0.2) is 0 Å². The normalized spacial score (nSPS) is 18.2. The number of likely N-dealkylation sites (tertiary alicyclic amines) is 1. The Kier molecular flexibility index (Phi) is 7.28. The summed E-state index contributed by atoms with van der Waals surface area (Å²) < 4.78 is 13.9. The van der Waals surface area contributed by atoms with Crippen LogP contribution in [-0.2, 0) is 0 Å². The first-order chi connectivity index (χ1) is 15.9. The third kappa shape index (κ3) is 5.36. The highest BCUT2D eigenvalue weighted by Gasteiger charge is 2.28. The van der Waals surface area contributed by atoms with Crippen LogP contribution in [0.25, 0.3) is 0 Å². The van der Waals surface area contributed by atoms with Crippen molar-refractivity contribution >= 4 is 17.5 Å². The lowest BCUT2D eigenvalue weighted by molar-refractivity contribution is 0.0660. The van der Waals surface area contributed by atoms with Crippen LogP contribution in [0.4, 0.5) is 10.1 Å². The summed E-state index contributed by atoms with van der Waals surface area (Å²) in [6, 6.07) is 14.1. The van der Waals surface area contributed by atoms with Crippen molar-refractivity contribution in [2.45, 2.75) is 37.8 Å². The predicted octanol–water partition coefficient (Wildman–Crippen LogP) is 3.39. The first kappa shape index (κ1) is 23.2. The summed E-state index contributed by atoms with van der Waals surface area (Å²) in [5.41, 5.74) is 1.75.